The van der Waals surface area contributed by atoms with Gasteiger partial charge in [0.05, 0.1) is 21.1 Å². The summed E-state index contributed by atoms with van der Waals surface area (Å²) in [4.78, 5) is 36.0. The summed E-state index contributed by atoms with van der Waals surface area (Å²) in [7, 11) is -0.302. The van der Waals surface area contributed by atoms with Crippen LogP contribution in [0.15, 0.2) is 42.5 Å². The lowest BCUT2D eigenvalue weighted by Gasteiger charge is -2.21. The van der Waals surface area contributed by atoms with E-state index in [-0.39, 0.29) is 24.3 Å². The zero-order valence-corrected chi connectivity index (χ0v) is 19.7. The van der Waals surface area contributed by atoms with Crippen molar-refractivity contribution in [3.05, 3.63) is 59.4 Å². The maximum absolute atomic E-state index is 14.6. The van der Waals surface area contributed by atoms with Crippen LogP contribution in [0.2, 0.25) is 19.6 Å². The number of ether oxygens (including phenoxy) is 1. The van der Waals surface area contributed by atoms with Gasteiger partial charge in [0.25, 0.3) is 5.91 Å². The molecule has 9 heteroatoms. The number of amides is 2. The molecule has 0 aliphatic rings. The fourth-order valence-corrected chi connectivity index (χ4v) is 4.51. The van der Waals surface area contributed by atoms with Gasteiger partial charge in [0.1, 0.15) is 11.9 Å². The third-order valence-electron chi connectivity index (χ3n) is 4.80. The first-order valence-corrected chi connectivity index (χ1v) is 13.7. The second kappa shape index (κ2) is 11.0. The van der Waals surface area contributed by atoms with E-state index in [9.17, 15) is 18.8 Å². The Kier molecular flexibility index (Phi) is 8.68. The number of nitrogens with one attached hydrogen (secondary N) is 2. The molecule has 2 rings (SSSR count). The lowest BCUT2D eigenvalue weighted by atomic mass is 10.0. The van der Waals surface area contributed by atoms with Crippen molar-refractivity contribution in [1.82, 2.24) is 5.32 Å². The topological polar surface area (TPSA) is 105 Å². The molecule has 172 valence electrons. The predicted molar refractivity (Wildman–Crippen MR) is 123 cm³/mol. The maximum atomic E-state index is 14.6. The van der Waals surface area contributed by atoms with Crippen molar-refractivity contribution in [2.75, 3.05) is 12.4 Å². The number of anilines is 1. The molecule has 7 nitrogen and oxygen atoms in total. The molecule has 0 aliphatic carbocycles. The van der Waals surface area contributed by atoms with E-state index in [1.54, 1.807) is 43.5 Å². The van der Waals surface area contributed by atoms with Gasteiger partial charge in [-0.2, -0.15) is 0 Å². The molecule has 0 fully saturated rings. The molecule has 0 aliphatic heterocycles. The molecule has 2 aromatic carbocycles. The van der Waals surface area contributed by atoms with Gasteiger partial charge in [-0.25, -0.2) is 4.39 Å². The molecule has 32 heavy (non-hydrogen) atoms. The lowest BCUT2D eigenvalue weighted by molar-refractivity contribution is -0.139. The molecule has 0 heterocycles. The number of carboxylic acid groups (broad SMARTS) is 1. The molecule has 2 aromatic rings. The quantitative estimate of drug-likeness (QED) is 0.473. The van der Waals surface area contributed by atoms with Gasteiger partial charge in [0, 0.05) is 19.2 Å². The number of carbonyl (C=O) groups excluding carboxylic acids is 2. The Morgan fingerprint density at radius 3 is 2.25 bits per heavy atom. The average Bonchev–Trinajstić information content (AvgIpc) is 2.70. The first kappa shape index (κ1) is 25.2. The number of halogens is 1. The smallest absolute Gasteiger partial charge is 0.303 e. The second-order valence-corrected chi connectivity index (χ2v) is 13.5. The van der Waals surface area contributed by atoms with Crippen LogP contribution in [0.3, 0.4) is 0 Å². The van der Waals surface area contributed by atoms with Gasteiger partial charge in [-0.1, -0.05) is 50.0 Å². The van der Waals surface area contributed by atoms with Gasteiger partial charge in [0.2, 0.25) is 5.91 Å². The molecule has 1 unspecified atom stereocenters. The molecule has 0 bridgehead atoms. The van der Waals surface area contributed by atoms with Crippen LogP contribution in [0.1, 0.15) is 30.0 Å². The number of aliphatic carboxylic acids is 1. The van der Waals surface area contributed by atoms with E-state index in [1.807, 2.05) is 19.6 Å². The van der Waals surface area contributed by atoms with Crippen LogP contribution in [0.25, 0.3) is 0 Å². The number of rotatable bonds is 10. The van der Waals surface area contributed by atoms with E-state index in [0.29, 0.717) is 17.4 Å². The largest absolute Gasteiger partial charge is 0.481 e. The molecule has 2 amide bonds. The Labute approximate surface area is 188 Å². The van der Waals surface area contributed by atoms with Gasteiger partial charge in [0.15, 0.2) is 0 Å². The number of carbonyl (C=O) groups is 3. The van der Waals surface area contributed by atoms with Crippen LogP contribution in [0, 0.1) is 5.82 Å². The van der Waals surface area contributed by atoms with E-state index in [2.05, 4.69) is 10.6 Å². The predicted octanol–water partition coefficient (Wildman–Crippen LogP) is 3.18. The first-order valence-electron chi connectivity index (χ1n) is 10.2. The highest BCUT2D eigenvalue weighted by Gasteiger charge is 2.25. The molecular weight excluding hydrogens is 431 g/mol. The molecule has 0 saturated heterocycles. The molecule has 0 aromatic heterocycles. The Bertz CT molecular complexity index is 973. The lowest BCUT2D eigenvalue weighted by Crippen LogP contribution is -2.40. The maximum Gasteiger partial charge on any atom is 0.303 e. The zero-order chi connectivity index (χ0) is 23.9. The second-order valence-electron chi connectivity index (χ2n) is 8.50. The molecule has 0 spiro atoms. The number of methoxy groups -OCH3 is 1. The van der Waals surface area contributed by atoms with Crippen LogP contribution >= 0.6 is 0 Å². The van der Waals surface area contributed by atoms with Crippen molar-refractivity contribution in [3.63, 3.8) is 0 Å². The fourth-order valence-electron chi connectivity index (χ4n) is 3.14. The molecule has 3 N–H and O–H groups in total. The first-order chi connectivity index (χ1) is 15.0. The van der Waals surface area contributed by atoms with Gasteiger partial charge in [-0.3, -0.25) is 14.4 Å². The zero-order valence-electron chi connectivity index (χ0n) is 18.7. The number of carboxylic acids is 1. The summed E-state index contributed by atoms with van der Waals surface area (Å²) in [5, 5.41) is 14.7. The molecule has 0 saturated carbocycles. The van der Waals surface area contributed by atoms with Crippen LogP contribution in [0.4, 0.5) is 10.1 Å². The van der Waals surface area contributed by atoms with Crippen LogP contribution < -0.4 is 15.8 Å². The van der Waals surface area contributed by atoms with Gasteiger partial charge in [-0.05, 0) is 28.4 Å². The van der Waals surface area contributed by atoms with E-state index in [4.69, 9.17) is 9.84 Å². The minimum Gasteiger partial charge on any atom is -0.481 e. The van der Waals surface area contributed by atoms with Crippen molar-refractivity contribution < 1.29 is 28.6 Å². The minimum absolute atomic E-state index is 0.263. The van der Waals surface area contributed by atoms with Crippen molar-refractivity contribution >= 4 is 36.7 Å². The van der Waals surface area contributed by atoms with Crippen LogP contribution in [0.5, 0.6) is 0 Å². The van der Waals surface area contributed by atoms with Crippen molar-refractivity contribution in [2.45, 2.75) is 45.1 Å². The van der Waals surface area contributed by atoms with E-state index >= 15 is 0 Å². The summed E-state index contributed by atoms with van der Waals surface area (Å²) in [6.07, 6.45) is -0.614. The van der Waals surface area contributed by atoms with Crippen molar-refractivity contribution in [1.29, 1.82) is 0 Å². The van der Waals surface area contributed by atoms with E-state index < -0.39 is 31.9 Å². The Hall–Kier alpha value is -3.04. The van der Waals surface area contributed by atoms with Crippen LogP contribution in [-0.2, 0) is 25.7 Å². The highest BCUT2D eigenvalue weighted by atomic mass is 28.3. The third-order valence-corrected chi connectivity index (χ3v) is 6.82. The summed E-state index contributed by atoms with van der Waals surface area (Å²) in [6.45, 7) is 6.48. The molecule has 0 radical (unpaired) electrons. The number of hydrogen-bond donors (Lipinski definition) is 3. The SMILES string of the molecule is COCc1ccc(C(NC(=O)CCC(=O)O)C(=O)Nc2ccc([Si](C)(C)C)c(F)c2)cc1. The fraction of sp³-hybridized carbons (Fsp3) is 0.348. The highest BCUT2D eigenvalue weighted by molar-refractivity contribution is 6.88. The minimum atomic E-state index is -1.87. The average molecular weight is 461 g/mol. The van der Waals surface area contributed by atoms with E-state index in [1.165, 1.54) is 6.07 Å². The Morgan fingerprint density at radius 2 is 1.72 bits per heavy atom. The van der Waals surface area contributed by atoms with Crippen molar-refractivity contribution in [2.24, 2.45) is 0 Å². The standard InChI is InChI=1S/C23H29FN2O5Si/c1-31-14-15-5-7-16(8-6-15)22(26-20(27)11-12-21(28)29)23(30)25-17-9-10-19(18(24)13-17)32(2,3)4/h5-10,13,22H,11-12,14H2,1-4H3,(H,25,30)(H,26,27)(H,28,29). The summed E-state index contributed by atoms with van der Waals surface area (Å²) < 4.78 is 19.7. The van der Waals surface area contributed by atoms with Gasteiger partial charge >= 0.3 is 5.97 Å². The Morgan fingerprint density at radius 1 is 1.06 bits per heavy atom. The molecular formula is C23H29FN2O5Si. The van der Waals surface area contributed by atoms with E-state index in [0.717, 1.165) is 5.56 Å². The summed E-state index contributed by atoms with van der Waals surface area (Å²) in [5.74, 6) is -2.63. The Balaban J connectivity index is 2.25. The number of benzene rings is 2. The van der Waals surface area contributed by atoms with Crippen LogP contribution in [-0.4, -0.2) is 38.1 Å². The van der Waals surface area contributed by atoms with Gasteiger partial charge < -0.3 is 20.5 Å². The molecule has 1 atom stereocenters. The number of hydrogen-bond acceptors (Lipinski definition) is 4. The monoisotopic (exact) mass is 460 g/mol. The summed E-state index contributed by atoms with van der Waals surface area (Å²) in [5.41, 5.74) is 1.66. The summed E-state index contributed by atoms with van der Waals surface area (Å²) in [6, 6.07) is 10.4. The third kappa shape index (κ3) is 7.28. The van der Waals surface area contributed by atoms with Gasteiger partial charge in [-0.15, -0.1) is 0 Å². The summed E-state index contributed by atoms with van der Waals surface area (Å²) >= 11 is 0. The normalized spacial score (nSPS) is 12.2. The van der Waals surface area contributed by atoms with Crippen molar-refractivity contribution in [3.8, 4) is 0 Å². The highest BCUT2D eigenvalue weighted by Crippen LogP contribution is 2.19.